The molecule has 140 valence electrons. The van der Waals surface area contributed by atoms with Gasteiger partial charge in [-0.05, 0) is 45.9 Å². The van der Waals surface area contributed by atoms with Crippen molar-refractivity contribution in [2.45, 2.75) is 44.2 Å². The monoisotopic (exact) mass is 372 g/mol. The van der Waals surface area contributed by atoms with Gasteiger partial charge in [-0.1, -0.05) is 0 Å². The smallest absolute Gasteiger partial charge is 0.410 e. The second-order valence-electron chi connectivity index (χ2n) is 7.35. The van der Waals surface area contributed by atoms with Crippen LogP contribution in [0.4, 0.5) is 14.9 Å². The second kappa shape index (κ2) is 6.82. The van der Waals surface area contributed by atoms with Crippen molar-refractivity contribution in [2.75, 3.05) is 30.8 Å². The van der Waals surface area contributed by atoms with Crippen molar-refractivity contribution in [1.82, 2.24) is 4.90 Å². The van der Waals surface area contributed by atoms with Crippen LogP contribution in [-0.2, 0) is 14.6 Å². The fraction of sp³-hybridized carbons (Fsp3) is 0.588. The normalized spacial score (nSPS) is 19.0. The summed E-state index contributed by atoms with van der Waals surface area (Å²) < 4.78 is 43.0. The number of anilines is 1. The van der Waals surface area contributed by atoms with E-state index in [4.69, 9.17) is 4.74 Å². The number of amides is 1. The molecule has 1 heterocycles. The number of piperazine rings is 1. The molecule has 25 heavy (non-hydrogen) atoms. The Balaban J connectivity index is 2.22. The van der Waals surface area contributed by atoms with Crippen LogP contribution in [0.2, 0.25) is 0 Å². The maximum absolute atomic E-state index is 13.7. The molecule has 8 heteroatoms. The van der Waals surface area contributed by atoms with Gasteiger partial charge < -0.3 is 14.5 Å². The first kappa shape index (κ1) is 19.5. The molecule has 1 aliphatic heterocycles. The number of benzene rings is 1. The fourth-order valence-corrected chi connectivity index (χ4v) is 3.70. The van der Waals surface area contributed by atoms with Crippen molar-refractivity contribution in [3.8, 4) is 0 Å². The highest BCUT2D eigenvalue weighted by Crippen LogP contribution is 2.28. The third-order valence-corrected chi connectivity index (χ3v) is 5.06. The lowest BCUT2D eigenvalue weighted by Gasteiger charge is -2.41. The van der Waals surface area contributed by atoms with E-state index in [2.05, 4.69) is 0 Å². The van der Waals surface area contributed by atoms with Gasteiger partial charge in [0.25, 0.3) is 0 Å². The molecule has 0 saturated carbocycles. The molecule has 1 fully saturated rings. The van der Waals surface area contributed by atoms with E-state index in [1.807, 2.05) is 6.92 Å². The van der Waals surface area contributed by atoms with E-state index >= 15 is 0 Å². The average Bonchev–Trinajstić information content (AvgIpc) is 2.43. The lowest BCUT2D eigenvalue weighted by molar-refractivity contribution is 0.0158. The number of rotatable bonds is 2. The van der Waals surface area contributed by atoms with Gasteiger partial charge in [0.1, 0.15) is 11.4 Å². The minimum atomic E-state index is -3.48. The molecule has 0 bridgehead atoms. The molecule has 0 spiro atoms. The van der Waals surface area contributed by atoms with Crippen LogP contribution in [0.1, 0.15) is 27.7 Å². The number of carbonyl (C=O) groups is 1. The van der Waals surface area contributed by atoms with E-state index in [1.54, 1.807) is 30.6 Å². The van der Waals surface area contributed by atoms with Gasteiger partial charge in [0, 0.05) is 31.9 Å². The number of halogens is 1. The third-order valence-electron chi connectivity index (χ3n) is 3.92. The van der Waals surface area contributed by atoms with Gasteiger partial charge in [0.15, 0.2) is 9.84 Å². The Labute approximate surface area is 148 Å². The van der Waals surface area contributed by atoms with E-state index in [1.165, 1.54) is 12.1 Å². The molecule has 0 aromatic heterocycles. The summed E-state index contributed by atoms with van der Waals surface area (Å²) in [5, 5.41) is 0. The zero-order valence-electron chi connectivity index (χ0n) is 15.2. The Morgan fingerprint density at radius 3 is 2.44 bits per heavy atom. The van der Waals surface area contributed by atoms with Crippen LogP contribution < -0.4 is 4.90 Å². The first-order valence-electron chi connectivity index (χ1n) is 8.12. The predicted octanol–water partition coefficient (Wildman–Crippen LogP) is 2.67. The molecular formula is C17H25FN2O4S. The van der Waals surface area contributed by atoms with Crippen LogP contribution in [0.15, 0.2) is 23.1 Å². The summed E-state index contributed by atoms with van der Waals surface area (Å²) in [6, 6.07) is 3.46. The molecule has 1 unspecified atom stereocenters. The van der Waals surface area contributed by atoms with E-state index in [0.29, 0.717) is 25.3 Å². The summed E-state index contributed by atoms with van der Waals surface area (Å²) in [5.74, 6) is -0.496. The maximum atomic E-state index is 13.7. The largest absolute Gasteiger partial charge is 0.444 e. The lowest BCUT2D eigenvalue weighted by atomic mass is 10.1. The summed E-state index contributed by atoms with van der Waals surface area (Å²) in [6.45, 7) is 8.43. The van der Waals surface area contributed by atoms with Crippen molar-refractivity contribution in [3.63, 3.8) is 0 Å². The van der Waals surface area contributed by atoms with Gasteiger partial charge in [-0.3, -0.25) is 0 Å². The van der Waals surface area contributed by atoms with Gasteiger partial charge in [-0.15, -0.1) is 0 Å². The number of nitrogens with zero attached hydrogens (tertiary/aromatic N) is 2. The van der Waals surface area contributed by atoms with Gasteiger partial charge in [-0.2, -0.15) is 0 Å². The van der Waals surface area contributed by atoms with E-state index < -0.39 is 27.3 Å². The summed E-state index contributed by atoms with van der Waals surface area (Å²) in [5.41, 5.74) is -0.252. The predicted molar refractivity (Wildman–Crippen MR) is 94.1 cm³/mol. The van der Waals surface area contributed by atoms with Gasteiger partial charge in [0.2, 0.25) is 0 Å². The van der Waals surface area contributed by atoms with E-state index in [9.17, 15) is 17.6 Å². The van der Waals surface area contributed by atoms with Gasteiger partial charge in [0.05, 0.1) is 10.6 Å². The summed E-state index contributed by atoms with van der Waals surface area (Å²) in [4.78, 5) is 15.8. The van der Waals surface area contributed by atoms with Gasteiger partial charge in [-0.25, -0.2) is 17.6 Å². The minimum absolute atomic E-state index is 0.0896. The highest BCUT2D eigenvalue weighted by molar-refractivity contribution is 7.90. The van der Waals surface area contributed by atoms with Crippen LogP contribution in [0.5, 0.6) is 0 Å². The van der Waals surface area contributed by atoms with E-state index in [0.717, 1.165) is 12.3 Å². The number of hydrogen-bond acceptors (Lipinski definition) is 5. The molecule has 6 nitrogen and oxygen atoms in total. The van der Waals surface area contributed by atoms with Crippen molar-refractivity contribution < 1.29 is 22.3 Å². The van der Waals surface area contributed by atoms with Crippen LogP contribution in [-0.4, -0.2) is 56.9 Å². The summed E-state index contributed by atoms with van der Waals surface area (Å²) in [6.07, 6.45) is 0.701. The third kappa shape index (κ3) is 4.84. The van der Waals surface area contributed by atoms with E-state index in [-0.39, 0.29) is 10.9 Å². The lowest BCUT2D eigenvalue weighted by Crippen LogP contribution is -2.55. The maximum Gasteiger partial charge on any atom is 0.410 e. The van der Waals surface area contributed by atoms with Crippen molar-refractivity contribution in [3.05, 3.63) is 24.0 Å². The van der Waals surface area contributed by atoms with Crippen molar-refractivity contribution in [1.29, 1.82) is 0 Å². The van der Waals surface area contributed by atoms with Crippen molar-refractivity contribution in [2.24, 2.45) is 0 Å². The molecule has 0 N–H and O–H groups in total. The highest BCUT2D eigenvalue weighted by Gasteiger charge is 2.32. The molecule has 1 aromatic carbocycles. The summed E-state index contributed by atoms with van der Waals surface area (Å²) >= 11 is 0. The quantitative estimate of drug-likeness (QED) is 0.747. The number of sulfone groups is 1. The Kier molecular flexibility index (Phi) is 5.32. The highest BCUT2D eigenvalue weighted by atomic mass is 32.2. The number of hydrogen-bond donors (Lipinski definition) is 0. The molecule has 1 aliphatic rings. The SMILES string of the molecule is CC1CN(c2cc(F)ccc2S(C)(=O)=O)CCN1C(=O)OC(C)(C)C. The Morgan fingerprint density at radius 1 is 1.28 bits per heavy atom. The van der Waals surface area contributed by atoms with Crippen LogP contribution in [0.25, 0.3) is 0 Å². The molecule has 1 aromatic rings. The Hall–Kier alpha value is -1.83. The number of carbonyl (C=O) groups excluding carboxylic acids is 1. The molecule has 0 aliphatic carbocycles. The first-order chi connectivity index (χ1) is 11.4. The van der Waals surface area contributed by atoms with Crippen LogP contribution in [0.3, 0.4) is 0 Å². The molecule has 2 rings (SSSR count). The standard InChI is InChI=1S/C17H25FN2O4S/c1-12-11-19(8-9-20(12)16(21)24-17(2,3)4)14-10-13(18)6-7-15(14)25(5,22)23/h6-7,10,12H,8-9,11H2,1-5H3. The van der Waals surface area contributed by atoms with Crippen LogP contribution in [0, 0.1) is 5.82 Å². The zero-order chi connectivity index (χ0) is 19.0. The zero-order valence-corrected chi connectivity index (χ0v) is 16.1. The second-order valence-corrected chi connectivity index (χ2v) is 9.34. The first-order valence-corrected chi connectivity index (χ1v) is 10.0. The molecular weight excluding hydrogens is 347 g/mol. The minimum Gasteiger partial charge on any atom is -0.444 e. The Morgan fingerprint density at radius 2 is 1.92 bits per heavy atom. The van der Waals surface area contributed by atoms with Crippen molar-refractivity contribution >= 4 is 21.6 Å². The molecule has 1 atom stereocenters. The average molecular weight is 372 g/mol. The summed E-state index contributed by atoms with van der Waals surface area (Å²) in [7, 11) is -3.48. The molecule has 1 amide bonds. The van der Waals surface area contributed by atoms with Crippen LogP contribution >= 0.6 is 0 Å². The fourth-order valence-electron chi connectivity index (χ4n) is 2.82. The topological polar surface area (TPSA) is 66.9 Å². The molecule has 1 saturated heterocycles. The molecule has 0 radical (unpaired) electrons. The Bertz CT molecular complexity index is 758. The van der Waals surface area contributed by atoms with Gasteiger partial charge >= 0.3 is 6.09 Å². The number of ether oxygens (including phenoxy) is 1.